The van der Waals surface area contributed by atoms with Gasteiger partial charge in [0, 0.05) is 18.1 Å². The van der Waals surface area contributed by atoms with E-state index in [0.717, 1.165) is 31.6 Å². The molecule has 1 aromatic heterocycles. The van der Waals surface area contributed by atoms with Gasteiger partial charge >= 0.3 is 0 Å². The number of piperidine rings is 1. The summed E-state index contributed by atoms with van der Waals surface area (Å²) in [6, 6.07) is 9.96. The fourth-order valence-corrected chi connectivity index (χ4v) is 3.15. The van der Waals surface area contributed by atoms with Gasteiger partial charge in [-0.15, -0.1) is 0 Å². The summed E-state index contributed by atoms with van der Waals surface area (Å²) in [5.41, 5.74) is 1.47. The molecule has 0 spiro atoms. The average molecular weight is 312 g/mol. The third kappa shape index (κ3) is 3.15. The van der Waals surface area contributed by atoms with Crippen LogP contribution < -0.4 is 10.6 Å². The summed E-state index contributed by atoms with van der Waals surface area (Å²) in [5, 5.41) is 10.8. The van der Waals surface area contributed by atoms with Crippen LogP contribution in [0.2, 0.25) is 0 Å². The van der Waals surface area contributed by atoms with Crippen LogP contribution in [0.3, 0.4) is 0 Å². The normalized spacial score (nSPS) is 17.2. The first kappa shape index (κ1) is 15.7. The number of anilines is 1. The number of aromatic nitrogens is 2. The number of nitrogens with one attached hydrogen (secondary N) is 2. The minimum atomic E-state index is -0.609. The number of benzene rings is 1. The maximum Gasteiger partial charge on any atom is 0.252 e. The predicted molar refractivity (Wildman–Crippen MR) is 91.5 cm³/mol. The molecule has 1 amide bonds. The summed E-state index contributed by atoms with van der Waals surface area (Å²) < 4.78 is 1.81. The minimum absolute atomic E-state index is 0.0172. The number of hydrogen-bond acceptors (Lipinski definition) is 3. The highest BCUT2D eigenvalue weighted by molar-refractivity contribution is 5.96. The first-order valence-corrected chi connectivity index (χ1v) is 8.24. The lowest BCUT2D eigenvalue weighted by Crippen LogP contribution is -2.52. The van der Waals surface area contributed by atoms with Crippen molar-refractivity contribution in [2.75, 3.05) is 18.4 Å². The Kier molecular flexibility index (Phi) is 4.48. The van der Waals surface area contributed by atoms with E-state index in [1.54, 1.807) is 6.20 Å². The molecule has 0 aliphatic carbocycles. The summed E-state index contributed by atoms with van der Waals surface area (Å²) in [7, 11) is 0. The topological polar surface area (TPSA) is 59.0 Å². The van der Waals surface area contributed by atoms with Crippen molar-refractivity contribution in [3.63, 3.8) is 0 Å². The van der Waals surface area contributed by atoms with Gasteiger partial charge in [0.25, 0.3) is 5.91 Å². The fourth-order valence-electron chi connectivity index (χ4n) is 3.15. The Bertz CT molecular complexity index is 657. The second-order valence-corrected chi connectivity index (χ2v) is 6.47. The van der Waals surface area contributed by atoms with Gasteiger partial charge in [-0.3, -0.25) is 9.48 Å². The summed E-state index contributed by atoms with van der Waals surface area (Å²) >= 11 is 0. The van der Waals surface area contributed by atoms with Gasteiger partial charge in [0.2, 0.25) is 0 Å². The first-order chi connectivity index (χ1) is 11.1. The lowest BCUT2D eigenvalue weighted by molar-refractivity contribution is -0.126. The van der Waals surface area contributed by atoms with Gasteiger partial charge in [-0.05, 0) is 55.6 Å². The molecule has 0 atom stereocenters. The molecular weight excluding hydrogens is 288 g/mol. The van der Waals surface area contributed by atoms with Crippen LogP contribution in [0.4, 0.5) is 5.69 Å². The van der Waals surface area contributed by atoms with Gasteiger partial charge < -0.3 is 10.6 Å². The molecule has 0 radical (unpaired) electrons. The molecule has 2 aromatic rings. The minimum Gasteiger partial charge on any atom is -0.324 e. The second-order valence-electron chi connectivity index (χ2n) is 6.47. The Balaban J connectivity index is 1.86. The van der Waals surface area contributed by atoms with Crippen LogP contribution >= 0.6 is 0 Å². The van der Waals surface area contributed by atoms with Crippen molar-refractivity contribution >= 4 is 11.6 Å². The second kappa shape index (κ2) is 6.54. The maximum absolute atomic E-state index is 13.1. The number of carbonyl (C=O) groups is 1. The van der Waals surface area contributed by atoms with E-state index in [1.165, 1.54) is 5.56 Å². The third-order valence-electron chi connectivity index (χ3n) is 4.61. The zero-order chi connectivity index (χ0) is 16.3. The number of hydrogen-bond donors (Lipinski definition) is 2. The van der Waals surface area contributed by atoms with Gasteiger partial charge in [-0.25, -0.2) is 0 Å². The number of nitrogens with zero attached hydrogens (tertiary/aromatic N) is 2. The molecule has 122 valence electrons. The van der Waals surface area contributed by atoms with E-state index in [0.29, 0.717) is 5.92 Å². The van der Waals surface area contributed by atoms with Gasteiger partial charge in [0.15, 0.2) is 0 Å². The van der Waals surface area contributed by atoms with E-state index < -0.39 is 5.54 Å². The number of amides is 1. The predicted octanol–water partition coefficient (Wildman–Crippen LogP) is 2.72. The maximum atomic E-state index is 13.1. The Morgan fingerprint density at radius 2 is 2.09 bits per heavy atom. The molecular formula is C18H24N4O. The van der Waals surface area contributed by atoms with Gasteiger partial charge in [0.05, 0.1) is 0 Å². The van der Waals surface area contributed by atoms with E-state index >= 15 is 0 Å². The fraction of sp³-hybridized carbons (Fsp3) is 0.444. The van der Waals surface area contributed by atoms with E-state index in [4.69, 9.17) is 0 Å². The zero-order valence-electron chi connectivity index (χ0n) is 13.7. The van der Waals surface area contributed by atoms with Crippen LogP contribution in [0.25, 0.3) is 0 Å². The Labute approximate surface area is 137 Å². The van der Waals surface area contributed by atoms with Crippen molar-refractivity contribution in [2.24, 2.45) is 0 Å². The van der Waals surface area contributed by atoms with Gasteiger partial charge in [0.1, 0.15) is 5.54 Å². The molecule has 5 nitrogen and oxygen atoms in total. The van der Waals surface area contributed by atoms with E-state index in [9.17, 15) is 4.79 Å². The van der Waals surface area contributed by atoms with Crippen LogP contribution in [0.1, 0.15) is 38.2 Å². The van der Waals surface area contributed by atoms with Gasteiger partial charge in [-0.1, -0.05) is 26.0 Å². The smallest absolute Gasteiger partial charge is 0.252 e. The quantitative estimate of drug-likeness (QED) is 0.912. The zero-order valence-corrected chi connectivity index (χ0v) is 13.7. The summed E-state index contributed by atoms with van der Waals surface area (Å²) in [6.45, 7) is 5.94. The third-order valence-corrected chi connectivity index (χ3v) is 4.61. The molecule has 1 aromatic carbocycles. The first-order valence-electron chi connectivity index (χ1n) is 8.24. The van der Waals surface area contributed by atoms with E-state index in [-0.39, 0.29) is 5.91 Å². The van der Waals surface area contributed by atoms with Crippen LogP contribution in [-0.4, -0.2) is 28.8 Å². The highest BCUT2D eigenvalue weighted by Gasteiger charge is 2.42. The Morgan fingerprint density at radius 3 is 2.74 bits per heavy atom. The molecule has 0 bridgehead atoms. The number of carbonyl (C=O) groups excluding carboxylic acids is 1. The average Bonchev–Trinajstić information content (AvgIpc) is 3.10. The molecule has 2 heterocycles. The van der Waals surface area contributed by atoms with Crippen molar-refractivity contribution in [1.82, 2.24) is 15.1 Å². The molecule has 0 unspecified atom stereocenters. The van der Waals surface area contributed by atoms with Crippen molar-refractivity contribution in [1.29, 1.82) is 0 Å². The van der Waals surface area contributed by atoms with Gasteiger partial charge in [-0.2, -0.15) is 5.10 Å². The van der Waals surface area contributed by atoms with Crippen LogP contribution in [0, 0.1) is 0 Å². The van der Waals surface area contributed by atoms with Crippen LogP contribution in [0.15, 0.2) is 42.7 Å². The van der Waals surface area contributed by atoms with Crippen molar-refractivity contribution in [3.8, 4) is 0 Å². The molecule has 2 N–H and O–H groups in total. The lowest BCUT2D eigenvalue weighted by atomic mass is 9.87. The highest BCUT2D eigenvalue weighted by Crippen LogP contribution is 2.29. The molecule has 5 heteroatoms. The monoisotopic (exact) mass is 312 g/mol. The highest BCUT2D eigenvalue weighted by atomic mass is 16.2. The summed E-state index contributed by atoms with van der Waals surface area (Å²) in [6.07, 6.45) is 5.10. The lowest BCUT2D eigenvalue weighted by Gasteiger charge is -2.36. The SMILES string of the molecule is CC(C)c1cccc(NC(=O)C2(n3cccn3)CCNCC2)c1. The largest absolute Gasteiger partial charge is 0.324 e. The summed E-state index contributed by atoms with van der Waals surface area (Å²) in [4.78, 5) is 13.1. The van der Waals surface area contributed by atoms with E-state index in [1.807, 2.05) is 29.1 Å². The van der Waals surface area contributed by atoms with Crippen molar-refractivity contribution in [2.45, 2.75) is 38.1 Å². The molecule has 1 fully saturated rings. The number of rotatable bonds is 4. The molecule has 1 aliphatic heterocycles. The van der Waals surface area contributed by atoms with Crippen molar-refractivity contribution < 1.29 is 4.79 Å². The van der Waals surface area contributed by atoms with E-state index in [2.05, 4.69) is 41.7 Å². The summed E-state index contributed by atoms with van der Waals surface area (Å²) in [5.74, 6) is 0.453. The molecule has 23 heavy (non-hydrogen) atoms. The molecule has 1 aliphatic rings. The molecule has 3 rings (SSSR count). The molecule has 0 saturated carbocycles. The Hall–Kier alpha value is -2.14. The molecule has 1 saturated heterocycles. The van der Waals surface area contributed by atoms with Crippen molar-refractivity contribution in [3.05, 3.63) is 48.3 Å². The Morgan fingerprint density at radius 1 is 1.30 bits per heavy atom. The van der Waals surface area contributed by atoms with Crippen LogP contribution in [0.5, 0.6) is 0 Å². The van der Waals surface area contributed by atoms with Crippen LogP contribution in [-0.2, 0) is 10.3 Å². The standard InChI is InChI=1S/C18H24N4O/c1-14(2)15-5-3-6-16(13-15)21-17(23)18(7-10-19-11-8-18)22-12-4-9-20-22/h3-6,9,12-14,19H,7-8,10-11H2,1-2H3,(H,21,23).